The Hall–Kier alpha value is -2.57. The number of benzene rings is 2. The van der Waals surface area contributed by atoms with Gasteiger partial charge >= 0.3 is 0 Å². The average molecular weight is 421 g/mol. The van der Waals surface area contributed by atoms with E-state index in [2.05, 4.69) is 58.5 Å². The summed E-state index contributed by atoms with van der Waals surface area (Å²) >= 11 is 1.39. The Bertz CT molecular complexity index is 966. The van der Waals surface area contributed by atoms with E-state index >= 15 is 0 Å². The Morgan fingerprint density at radius 3 is 2.50 bits per heavy atom. The van der Waals surface area contributed by atoms with Gasteiger partial charge in [0.15, 0.2) is 0 Å². The lowest BCUT2D eigenvalue weighted by molar-refractivity contribution is 0.0950. The molecule has 1 amide bonds. The van der Waals surface area contributed by atoms with Crippen molar-refractivity contribution in [3.8, 4) is 0 Å². The Balaban J connectivity index is 1.38. The molecule has 1 aromatic heterocycles. The van der Waals surface area contributed by atoms with E-state index < -0.39 is 0 Å². The number of aromatic nitrogens is 2. The second-order valence-corrected chi connectivity index (χ2v) is 9.20. The average Bonchev–Trinajstić information content (AvgIpc) is 3.51. The van der Waals surface area contributed by atoms with E-state index in [9.17, 15) is 4.79 Å². The van der Waals surface area contributed by atoms with Gasteiger partial charge in [0, 0.05) is 19.1 Å². The number of carbonyl (C=O) groups is 1. The molecule has 1 aliphatic carbocycles. The minimum absolute atomic E-state index is 0.163. The zero-order chi connectivity index (χ0) is 20.9. The van der Waals surface area contributed by atoms with Crippen molar-refractivity contribution in [2.24, 2.45) is 5.92 Å². The topological polar surface area (TPSA) is 58.1 Å². The van der Waals surface area contributed by atoms with E-state index in [0.717, 1.165) is 29.6 Å². The molecule has 1 aliphatic rings. The van der Waals surface area contributed by atoms with Crippen molar-refractivity contribution in [1.29, 1.82) is 0 Å². The van der Waals surface area contributed by atoms with Crippen molar-refractivity contribution in [1.82, 2.24) is 20.4 Å². The Morgan fingerprint density at radius 2 is 1.80 bits per heavy atom. The molecule has 1 fully saturated rings. The van der Waals surface area contributed by atoms with E-state index in [-0.39, 0.29) is 5.91 Å². The van der Waals surface area contributed by atoms with E-state index in [1.165, 1.54) is 35.3 Å². The molecule has 0 aliphatic heterocycles. The standard InChI is InChI=1S/C24H28N4OS/c1-17-8-10-19(11-9-17)14-25-23(29)24-27-26-22(30-24)16-28(18(2)21-12-13-21)15-20-6-4-3-5-7-20/h3-11,18,21H,12-16H2,1-2H3,(H,25,29). The molecule has 30 heavy (non-hydrogen) atoms. The van der Waals surface area contributed by atoms with Crippen LogP contribution in [0.1, 0.15) is 51.3 Å². The van der Waals surface area contributed by atoms with Crippen LogP contribution in [-0.4, -0.2) is 27.0 Å². The molecule has 1 atom stereocenters. The second kappa shape index (κ2) is 9.49. The normalized spacial score (nSPS) is 14.6. The lowest BCUT2D eigenvalue weighted by Crippen LogP contribution is -2.33. The van der Waals surface area contributed by atoms with E-state index in [4.69, 9.17) is 0 Å². The van der Waals surface area contributed by atoms with Gasteiger partial charge in [-0.05, 0) is 43.7 Å². The van der Waals surface area contributed by atoms with Crippen molar-refractivity contribution in [3.63, 3.8) is 0 Å². The van der Waals surface area contributed by atoms with Crippen LogP contribution >= 0.6 is 11.3 Å². The molecule has 5 nitrogen and oxygen atoms in total. The summed E-state index contributed by atoms with van der Waals surface area (Å²) in [5.41, 5.74) is 3.58. The molecule has 0 saturated heterocycles. The minimum atomic E-state index is -0.163. The Labute approximate surface area is 182 Å². The number of nitrogens with one attached hydrogen (secondary N) is 1. The van der Waals surface area contributed by atoms with Gasteiger partial charge in [-0.1, -0.05) is 71.5 Å². The van der Waals surface area contributed by atoms with Gasteiger partial charge in [-0.3, -0.25) is 9.69 Å². The third-order valence-corrected chi connectivity index (χ3v) is 6.59. The molecular formula is C24H28N4OS. The number of nitrogens with zero attached hydrogens (tertiary/aromatic N) is 3. The van der Waals surface area contributed by atoms with E-state index in [1.807, 2.05) is 30.3 Å². The van der Waals surface area contributed by atoms with Gasteiger partial charge < -0.3 is 5.32 Å². The lowest BCUT2D eigenvalue weighted by Gasteiger charge is -2.28. The fourth-order valence-corrected chi connectivity index (χ4v) is 4.37. The molecule has 1 heterocycles. The molecular weight excluding hydrogens is 392 g/mol. The van der Waals surface area contributed by atoms with Gasteiger partial charge in [0.1, 0.15) is 5.01 Å². The summed E-state index contributed by atoms with van der Waals surface area (Å²) < 4.78 is 0. The van der Waals surface area contributed by atoms with Crippen LogP contribution in [0.25, 0.3) is 0 Å². The highest BCUT2D eigenvalue weighted by Gasteiger charge is 2.32. The van der Waals surface area contributed by atoms with E-state index in [0.29, 0.717) is 17.6 Å². The maximum absolute atomic E-state index is 12.5. The summed E-state index contributed by atoms with van der Waals surface area (Å²) in [5, 5.41) is 12.7. The SMILES string of the molecule is Cc1ccc(CNC(=O)c2nnc(CN(Cc3ccccc3)C(C)C3CC3)s2)cc1. The maximum Gasteiger partial charge on any atom is 0.282 e. The molecule has 0 bridgehead atoms. The van der Waals surface area contributed by atoms with E-state index in [1.54, 1.807) is 0 Å². The summed E-state index contributed by atoms with van der Waals surface area (Å²) in [5.74, 6) is 0.600. The van der Waals surface area contributed by atoms with Gasteiger partial charge in [0.05, 0.1) is 6.54 Å². The van der Waals surface area contributed by atoms with Crippen molar-refractivity contribution < 1.29 is 4.79 Å². The van der Waals surface area contributed by atoms with Crippen molar-refractivity contribution in [3.05, 3.63) is 81.3 Å². The van der Waals surface area contributed by atoms with Crippen molar-refractivity contribution in [2.45, 2.75) is 52.4 Å². The highest BCUT2D eigenvalue weighted by atomic mass is 32.1. The van der Waals surface area contributed by atoms with Crippen LogP contribution in [0.4, 0.5) is 0 Å². The quantitative estimate of drug-likeness (QED) is 0.551. The number of aryl methyl sites for hydroxylation is 1. The summed E-state index contributed by atoms with van der Waals surface area (Å²) in [6, 6.07) is 19.2. The molecule has 1 N–H and O–H groups in total. The molecule has 6 heteroatoms. The first kappa shape index (κ1) is 20.7. The van der Waals surface area contributed by atoms with Gasteiger partial charge in [-0.2, -0.15) is 0 Å². The van der Waals surface area contributed by atoms with Gasteiger partial charge in [-0.25, -0.2) is 0 Å². The predicted octanol–water partition coefficient (Wildman–Crippen LogP) is 4.58. The van der Waals surface area contributed by atoms with Gasteiger partial charge in [0.25, 0.3) is 5.91 Å². The Morgan fingerprint density at radius 1 is 1.07 bits per heavy atom. The summed E-state index contributed by atoms with van der Waals surface area (Å²) in [6.45, 7) is 6.45. The number of hydrogen-bond donors (Lipinski definition) is 1. The maximum atomic E-state index is 12.5. The summed E-state index contributed by atoms with van der Waals surface area (Å²) in [4.78, 5) is 15.0. The van der Waals surface area contributed by atoms with Gasteiger partial charge in [0.2, 0.25) is 5.01 Å². The minimum Gasteiger partial charge on any atom is -0.346 e. The van der Waals surface area contributed by atoms with Crippen LogP contribution in [0.2, 0.25) is 0 Å². The Kier molecular flexibility index (Phi) is 6.55. The fraction of sp³-hybridized carbons (Fsp3) is 0.375. The smallest absolute Gasteiger partial charge is 0.282 e. The number of carbonyl (C=O) groups excluding carboxylic acids is 1. The van der Waals surface area contributed by atoms with Crippen LogP contribution in [0.5, 0.6) is 0 Å². The van der Waals surface area contributed by atoms with Crippen LogP contribution in [0.3, 0.4) is 0 Å². The molecule has 2 aromatic carbocycles. The fourth-order valence-electron chi connectivity index (χ4n) is 3.59. The third-order valence-electron chi connectivity index (χ3n) is 5.68. The highest BCUT2D eigenvalue weighted by Crippen LogP contribution is 2.36. The highest BCUT2D eigenvalue weighted by molar-refractivity contribution is 7.13. The molecule has 156 valence electrons. The monoisotopic (exact) mass is 420 g/mol. The molecule has 4 rings (SSSR count). The molecule has 1 unspecified atom stereocenters. The number of rotatable bonds is 9. The summed E-state index contributed by atoms with van der Waals surface area (Å²) in [6.07, 6.45) is 2.60. The molecule has 3 aromatic rings. The number of amides is 1. The first-order valence-corrected chi connectivity index (χ1v) is 11.3. The van der Waals surface area contributed by atoms with Crippen LogP contribution < -0.4 is 5.32 Å². The van der Waals surface area contributed by atoms with Crippen molar-refractivity contribution >= 4 is 17.2 Å². The van der Waals surface area contributed by atoms with Crippen LogP contribution in [-0.2, 0) is 19.6 Å². The zero-order valence-electron chi connectivity index (χ0n) is 17.5. The van der Waals surface area contributed by atoms with Gasteiger partial charge in [-0.15, -0.1) is 10.2 Å². The third kappa shape index (κ3) is 5.52. The summed E-state index contributed by atoms with van der Waals surface area (Å²) in [7, 11) is 0. The first-order valence-electron chi connectivity index (χ1n) is 10.5. The lowest BCUT2D eigenvalue weighted by atomic mass is 10.1. The van der Waals surface area contributed by atoms with Crippen LogP contribution in [0, 0.1) is 12.8 Å². The largest absolute Gasteiger partial charge is 0.346 e. The van der Waals surface area contributed by atoms with Crippen LogP contribution in [0.15, 0.2) is 54.6 Å². The number of hydrogen-bond acceptors (Lipinski definition) is 5. The molecule has 0 radical (unpaired) electrons. The first-order chi connectivity index (χ1) is 14.6. The predicted molar refractivity (Wildman–Crippen MR) is 120 cm³/mol. The second-order valence-electron chi connectivity index (χ2n) is 8.14. The molecule has 0 spiro atoms. The van der Waals surface area contributed by atoms with Crippen molar-refractivity contribution in [2.75, 3.05) is 0 Å². The zero-order valence-corrected chi connectivity index (χ0v) is 18.4. The molecule has 1 saturated carbocycles.